The SMILES string of the molecule is CCc1nn2c(N)c(-c3nc(-c4ccc(C)cc4)cs3)nnc2c1-c1ccc(OC)cc1. The van der Waals surface area contributed by atoms with Crippen molar-refractivity contribution < 1.29 is 4.74 Å². The van der Waals surface area contributed by atoms with Crippen LogP contribution < -0.4 is 10.5 Å². The number of anilines is 1. The van der Waals surface area contributed by atoms with E-state index in [4.69, 9.17) is 20.6 Å². The molecule has 5 aromatic rings. The lowest BCUT2D eigenvalue weighted by Gasteiger charge is -2.05. The van der Waals surface area contributed by atoms with Gasteiger partial charge < -0.3 is 10.5 Å². The number of thiazole rings is 1. The first-order valence-corrected chi connectivity index (χ1v) is 11.2. The highest BCUT2D eigenvalue weighted by Crippen LogP contribution is 2.34. The summed E-state index contributed by atoms with van der Waals surface area (Å²) >= 11 is 1.49. The van der Waals surface area contributed by atoms with E-state index in [-0.39, 0.29) is 0 Å². The van der Waals surface area contributed by atoms with Crippen molar-refractivity contribution in [3.63, 3.8) is 0 Å². The van der Waals surface area contributed by atoms with E-state index < -0.39 is 0 Å². The fourth-order valence-electron chi connectivity index (χ4n) is 3.65. The Morgan fingerprint density at radius 3 is 2.41 bits per heavy atom. The number of ether oxygens (including phenoxy) is 1. The second-order valence-electron chi connectivity index (χ2n) is 7.48. The summed E-state index contributed by atoms with van der Waals surface area (Å²) in [6, 6.07) is 16.1. The van der Waals surface area contributed by atoms with Crippen LogP contribution in [0.5, 0.6) is 5.75 Å². The smallest absolute Gasteiger partial charge is 0.187 e. The number of rotatable bonds is 5. The Balaban J connectivity index is 1.59. The molecular weight excluding hydrogens is 420 g/mol. The number of nitrogens with zero attached hydrogens (tertiary/aromatic N) is 5. The summed E-state index contributed by atoms with van der Waals surface area (Å²) in [6.07, 6.45) is 0.744. The molecule has 0 radical (unpaired) electrons. The van der Waals surface area contributed by atoms with Gasteiger partial charge in [0.2, 0.25) is 0 Å². The Morgan fingerprint density at radius 1 is 1.00 bits per heavy atom. The average molecular weight is 443 g/mol. The largest absolute Gasteiger partial charge is 0.497 e. The minimum Gasteiger partial charge on any atom is -0.497 e. The minimum absolute atomic E-state index is 0.425. The monoisotopic (exact) mass is 442 g/mol. The number of benzene rings is 2. The van der Waals surface area contributed by atoms with E-state index in [2.05, 4.69) is 48.3 Å². The van der Waals surface area contributed by atoms with Crippen molar-refractivity contribution in [2.45, 2.75) is 20.3 Å². The van der Waals surface area contributed by atoms with Gasteiger partial charge in [-0.2, -0.15) is 9.61 Å². The van der Waals surface area contributed by atoms with Crippen LogP contribution in [-0.2, 0) is 6.42 Å². The molecular formula is C24H22N6OS. The molecule has 7 nitrogen and oxygen atoms in total. The Hall–Kier alpha value is -3.78. The number of methoxy groups -OCH3 is 1. The van der Waals surface area contributed by atoms with Crippen LogP contribution >= 0.6 is 11.3 Å². The number of fused-ring (bicyclic) bond motifs is 1. The van der Waals surface area contributed by atoms with Crippen LogP contribution in [0, 0.1) is 6.92 Å². The van der Waals surface area contributed by atoms with Gasteiger partial charge in [0, 0.05) is 10.9 Å². The molecule has 0 unspecified atom stereocenters. The highest BCUT2D eigenvalue weighted by atomic mass is 32.1. The zero-order chi connectivity index (χ0) is 22.2. The highest BCUT2D eigenvalue weighted by Gasteiger charge is 2.21. The van der Waals surface area contributed by atoms with Crippen LogP contribution in [0.25, 0.3) is 38.7 Å². The van der Waals surface area contributed by atoms with E-state index in [0.29, 0.717) is 22.2 Å². The van der Waals surface area contributed by atoms with Crippen LogP contribution in [0.4, 0.5) is 5.82 Å². The molecule has 2 aromatic carbocycles. The summed E-state index contributed by atoms with van der Waals surface area (Å²) < 4.78 is 6.95. The maximum Gasteiger partial charge on any atom is 0.187 e. The molecule has 3 aromatic heterocycles. The van der Waals surface area contributed by atoms with Crippen LogP contribution in [0.2, 0.25) is 0 Å². The van der Waals surface area contributed by atoms with Crippen LogP contribution in [0.1, 0.15) is 18.2 Å². The summed E-state index contributed by atoms with van der Waals surface area (Å²) in [6.45, 7) is 4.13. The Morgan fingerprint density at radius 2 is 1.72 bits per heavy atom. The topological polar surface area (TPSA) is 91.2 Å². The Labute approximate surface area is 189 Å². The lowest BCUT2D eigenvalue weighted by atomic mass is 10.0. The van der Waals surface area contributed by atoms with Gasteiger partial charge >= 0.3 is 0 Å². The molecule has 0 spiro atoms. The molecule has 0 bridgehead atoms. The number of nitrogens with two attached hydrogens (primary N) is 1. The Kier molecular flexibility index (Phi) is 5.07. The molecule has 160 valence electrons. The number of nitrogen functional groups attached to an aromatic ring is 1. The maximum atomic E-state index is 6.52. The third-order valence-corrected chi connectivity index (χ3v) is 6.27. The molecule has 0 amide bonds. The second kappa shape index (κ2) is 8.05. The molecule has 0 saturated carbocycles. The molecule has 0 aliphatic rings. The molecule has 5 rings (SSSR count). The van der Waals surface area contributed by atoms with E-state index in [0.717, 1.165) is 40.2 Å². The van der Waals surface area contributed by atoms with E-state index in [1.165, 1.54) is 16.9 Å². The number of aryl methyl sites for hydroxylation is 2. The van der Waals surface area contributed by atoms with Gasteiger partial charge in [0.25, 0.3) is 0 Å². The highest BCUT2D eigenvalue weighted by molar-refractivity contribution is 7.13. The average Bonchev–Trinajstić information content (AvgIpc) is 3.45. The summed E-state index contributed by atoms with van der Waals surface area (Å²) in [7, 11) is 1.65. The van der Waals surface area contributed by atoms with Gasteiger partial charge in [-0.1, -0.05) is 48.9 Å². The van der Waals surface area contributed by atoms with Gasteiger partial charge in [0.15, 0.2) is 17.2 Å². The predicted octanol–water partition coefficient (Wildman–Crippen LogP) is 5.04. The predicted molar refractivity (Wildman–Crippen MR) is 128 cm³/mol. The molecule has 0 atom stereocenters. The third kappa shape index (κ3) is 3.38. The first-order chi connectivity index (χ1) is 15.6. The van der Waals surface area contributed by atoms with E-state index in [1.807, 2.05) is 29.6 Å². The fourth-order valence-corrected chi connectivity index (χ4v) is 4.48. The summed E-state index contributed by atoms with van der Waals surface area (Å²) in [5.74, 6) is 1.22. The number of hydrogen-bond donors (Lipinski definition) is 1. The standard InChI is InChI=1S/C24H22N6OS/c1-4-18-20(16-9-11-17(31-3)12-10-16)23-28-27-21(22(25)30(23)29-18)24-26-19(13-32-24)15-7-5-14(2)6-8-15/h5-13H,4,25H2,1-3H3. The normalized spacial score (nSPS) is 11.2. The summed E-state index contributed by atoms with van der Waals surface area (Å²) in [4.78, 5) is 4.76. The van der Waals surface area contributed by atoms with Crippen LogP contribution in [-0.4, -0.2) is 31.9 Å². The zero-order valence-corrected chi connectivity index (χ0v) is 18.8. The van der Waals surface area contributed by atoms with Crippen LogP contribution in [0.3, 0.4) is 0 Å². The zero-order valence-electron chi connectivity index (χ0n) is 18.0. The Bertz CT molecular complexity index is 1400. The van der Waals surface area contributed by atoms with Crippen molar-refractivity contribution >= 4 is 22.8 Å². The molecule has 0 saturated heterocycles. The quantitative estimate of drug-likeness (QED) is 0.410. The third-order valence-electron chi connectivity index (χ3n) is 5.42. The van der Waals surface area contributed by atoms with E-state index in [1.54, 1.807) is 11.6 Å². The lowest BCUT2D eigenvalue weighted by Crippen LogP contribution is -2.05. The fraction of sp³-hybridized carbons (Fsp3) is 0.167. The van der Waals surface area contributed by atoms with Crippen molar-refractivity contribution in [3.8, 4) is 38.8 Å². The van der Waals surface area contributed by atoms with Crippen molar-refractivity contribution in [2.75, 3.05) is 12.8 Å². The molecule has 32 heavy (non-hydrogen) atoms. The molecule has 0 aliphatic heterocycles. The van der Waals surface area contributed by atoms with Gasteiger partial charge in [-0.15, -0.1) is 21.5 Å². The number of hydrogen-bond acceptors (Lipinski definition) is 7. The summed E-state index contributed by atoms with van der Waals surface area (Å²) in [5.41, 5.74) is 13.7. The van der Waals surface area contributed by atoms with Gasteiger partial charge in [0.05, 0.1) is 24.1 Å². The lowest BCUT2D eigenvalue weighted by molar-refractivity contribution is 0.415. The molecule has 0 aliphatic carbocycles. The van der Waals surface area contributed by atoms with Crippen molar-refractivity contribution in [3.05, 3.63) is 65.2 Å². The van der Waals surface area contributed by atoms with Crippen LogP contribution in [0.15, 0.2) is 53.9 Å². The molecule has 8 heteroatoms. The van der Waals surface area contributed by atoms with Gasteiger partial charge in [0.1, 0.15) is 10.8 Å². The van der Waals surface area contributed by atoms with Gasteiger partial charge in [-0.25, -0.2) is 4.98 Å². The first kappa shape index (κ1) is 20.1. The first-order valence-electron chi connectivity index (χ1n) is 10.3. The van der Waals surface area contributed by atoms with E-state index in [9.17, 15) is 0 Å². The summed E-state index contributed by atoms with van der Waals surface area (Å²) in [5, 5.41) is 16.4. The van der Waals surface area contributed by atoms with Gasteiger partial charge in [-0.3, -0.25) is 0 Å². The number of aromatic nitrogens is 5. The second-order valence-corrected chi connectivity index (χ2v) is 8.34. The molecule has 2 N–H and O–H groups in total. The molecule has 0 fully saturated rings. The van der Waals surface area contributed by atoms with Crippen molar-refractivity contribution in [1.82, 2.24) is 24.8 Å². The van der Waals surface area contributed by atoms with Crippen molar-refractivity contribution in [1.29, 1.82) is 0 Å². The van der Waals surface area contributed by atoms with E-state index >= 15 is 0 Å². The molecule has 3 heterocycles. The van der Waals surface area contributed by atoms with Gasteiger partial charge in [-0.05, 0) is 31.0 Å². The maximum absolute atomic E-state index is 6.52. The van der Waals surface area contributed by atoms with Crippen molar-refractivity contribution in [2.24, 2.45) is 0 Å². The minimum atomic E-state index is 0.425.